The van der Waals surface area contributed by atoms with Crippen molar-refractivity contribution in [2.75, 3.05) is 0 Å². The van der Waals surface area contributed by atoms with Crippen LogP contribution in [0.2, 0.25) is 0 Å². The number of carbonyl (C=O) groups excluding carboxylic acids is 1. The van der Waals surface area contributed by atoms with Crippen molar-refractivity contribution in [3.8, 4) is 17.2 Å². The number of para-hydroxylation sites is 1. The standard InChI is InChI=1S/C25H18O3S/c1-2-24(26)28-25-21-16-10-9-15-20(21)22(27-18-11-5-3-6-12-18)17-23(25)29-19-13-7-4-8-14-19/h2-17H,1H2. The molecule has 0 atom stereocenters. The minimum absolute atomic E-state index is 0.498. The predicted octanol–water partition coefficient (Wildman–Crippen LogP) is 6.87. The Bertz CT molecular complexity index is 1150. The summed E-state index contributed by atoms with van der Waals surface area (Å²) < 4.78 is 11.8. The topological polar surface area (TPSA) is 35.5 Å². The van der Waals surface area contributed by atoms with E-state index in [2.05, 4.69) is 6.58 Å². The van der Waals surface area contributed by atoms with Crippen molar-refractivity contribution in [1.29, 1.82) is 0 Å². The van der Waals surface area contributed by atoms with Gasteiger partial charge in [0.1, 0.15) is 11.5 Å². The molecule has 0 bridgehead atoms. The number of hydrogen-bond donors (Lipinski definition) is 0. The molecule has 0 amide bonds. The van der Waals surface area contributed by atoms with Crippen LogP contribution in [0.25, 0.3) is 10.8 Å². The van der Waals surface area contributed by atoms with Crippen LogP contribution >= 0.6 is 11.8 Å². The number of fused-ring (bicyclic) bond motifs is 1. The maximum atomic E-state index is 12.0. The van der Waals surface area contributed by atoms with E-state index in [-0.39, 0.29) is 0 Å². The van der Waals surface area contributed by atoms with Crippen molar-refractivity contribution >= 4 is 28.5 Å². The van der Waals surface area contributed by atoms with Crippen LogP contribution in [0.1, 0.15) is 0 Å². The fourth-order valence-electron chi connectivity index (χ4n) is 2.93. The maximum absolute atomic E-state index is 12.0. The van der Waals surface area contributed by atoms with Crippen molar-refractivity contribution in [1.82, 2.24) is 0 Å². The zero-order valence-electron chi connectivity index (χ0n) is 15.6. The fourth-order valence-corrected chi connectivity index (χ4v) is 3.89. The molecule has 0 aliphatic heterocycles. The lowest BCUT2D eigenvalue weighted by Gasteiger charge is -2.16. The highest BCUT2D eigenvalue weighted by molar-refractivity contribution is 7.99. The van der Waals surface area contributed by atoms with E-state index in [0.29, 0.717) is 11.5 Å². The van der Waals surface area contributed by atoms with Crippen LogP contribution in [0.3, 0.4) is 0 Å². The van der Waals surface area contributed by atoms with E-state index < -0.39 is 5.97 Å². The van der Waals surface area contributed by atoms with E-state index in [1.807, 2.05) is 91.0 Å². The average molecular weight is 398 g/mol. The van der Waals surface area contributed by atoms with Gasteiger partial charge in [0.15, 0.2) is 5.75 Å². The summed E-state index contributed by atoms with van der Waals surface area (Å²) >= 11 is 1.51. The molecule has 4 heteroatoms. The minimum atomic E-state index is -0.498. The summed E-state index contributed by atoms with van der Waals surface area (Å²) in [6.07, 6.45) is 1.17. The normalized spacial score (nSPS) is 10.5. The number of hydrogen-bond acceptors (Lipinski definition) is 4. The van der Waals surface area contributed by atoms with Crippen LogP contribution < -0.4 is 9.47 Å². The molecular formula is C25H18O3S. The second-order valence-corrected chi connectivity index (χ2v) is 7.32. The Kier molecular flexibility index (Phi) is 5.63. The first-order chi connectivity index (χ1) is 14.2. The molecule has 4 rings (SSSR count). The van der Waals surface area contributed by atoms with E-state index in [0.717, 1.165) is 26.3 Å². The Morgan fingerprint density at radius 3 is 2.14 bits per heavy atom. The first-order valence-corrected chi connectivity index (χ1v) is 9.92. The van der Waals surface area contributed by atoms with Gasteiger partial charge in [0.05, 0.1) is 4.90 Å². The van der Waals surface area contributed by atoms with Gasteiger partial charge in [0.25, 0.3) is 0 Å². The average Bonchev–Trinajstić information content (AvgIpc) is 2.77. The van der Waals surface area contributed by atoms with Crippen LogP contribution in [0, 0.1) is 0 Å². The summed E-state index contributed by atoms with van der Waals surface area (Å²) in [6.45, 7) is 3.52. The van der Waals surface area contributed by atoms with Crippen molar-refractivity contribution in [2.24, 2.45) is 0 Å². The number of rotatable bonds is 6. The Balaban J connectivity index is 1.88. The molecule has 0 spiro atoms. The van der Waals surface area contributed by atoms with Crippen molar-refractivity contribution in [3.63, 3.8) is 0 Å². The molecular weight excluding hydrogens is 380 g/mol. The van der Waals surface area contributed by atoms with Gasteiger partial charge in [-0.25, -0.2) is 4.79 Å². The molecule has 0 heterocycles. The molecule has 4 aromatic carbocycles. The first-order valence-electron chi connectivity index (χ1n) is 9.10. The van der Waals surface area contributed by atoms with Gasteiger partial charge in [0, 0.05) is 21.7 Å². The lowest BCUT2D eigenvalue weighted by molar-refractivity contribution is -0.129. The molecule has 0 N–H and O–H groups in total. The molecule has 4 aromatic rings. The SMILES string of the molecule is C=CC(=O)Oc1c(Sc2ccccc2)cc(Oc2ccccc2)c2ccccc12. The molecule has 142 valence electrons. The van der Waals surface area contributed by atoms with Gasteiger partial charge in [-0.15, -0.1) is 0 Å². The first kappa shape index (κ1) is 18.8. The second-order valence-electron chi connectivity index (χ2n) is 6.20. The van der Waals surface area contributed by atoms with Crippen molar-refractivity contribution < 1.29 is 14.3 Å². The molecule has 0 saturated heterocycles. The molecule has 3 nitrogen and oxygen atoms in total. The van der Waals surface area contributed by atoms with Gasteiger partial charge in [-0.3, -0.25) is 0 Å². The molecule has 0 saturated carbocycles. The largest absolute Gasteiger partial charge is 0.457 e. The zero-order chi connectivity index (χ0) is 20.1. The third-order valence-corrected chi connectivity index (χ3v) is 5.27. The molecule has 0 aliphatic rings. The highest BCUT2D eigenvalue weighted by Gasteiger charge is 2.18. The fraction of sp³-hybridized carbons (Fsp3) is 0. The van der Waals surface area contributed by atoms with E-state index in [9.17, 15) is 4.79 Å². The van der Waals surface area contributed by atoms with Gasteiger partial charge in [-0.05, 0) is 30.3 Å². The minimum Gasteiger partial charge on any atom is -0.457 e. The van der Waals surface area contributed by atoms with Gasteiger partial charge < -0.3 is 9.47 Å². The summed E-state index contributed by atoms with van der Waals surface area (Å²) in [6, 6.07) is 29.2. The Morgan fingerprint density at radius 1 is 0.828 bits per heavy atom. The van der Waals surface area contributed by atoms with E-state index in [1.165, 1.54) is 17.8 Å². The summed E-state index contributed by atoms with van der Waals surface area (Å²) in [5.41, 5.74) is 0. The summed E-state index contributed by atoms with van der Waals surface area (Å²) in [4.78, 5) is 13.8. The lowest BCUT2D eigenvalue weighted by atomic mass is 10.1. The molecule has 0 fully saturated rings. The monoisotopic (exact) mass is 398 g/mol. The van der Waals surface area contributed by atoms with Crippen LogP contribution in [0.5, 0.6) is 17.2 Å². The van der Waals surface area contributed by atoms with Gasteiger partial charge in [0.2, 0.25) is 0 Å². The molecule has 0 aliphatic carbocycles. The molecule has 0 radical (unpaired) electrons. The molecule has 29 heavy (non-hydrogen) atoms. The Hall–Kier alpha value is -3.50. The van der Waals surface area contributed by atoms with E-state index in [4.69, 9.17) is 9.47 Å². The van der Waals surface area contributed by atoms with Crippen LogP contribution in [0.4, 0.5) is 0 Å². The lowest BCUT2D eigenvalue weighted by Crippen LogP contribution is -2.05. The van der Waals surface area contributed by atoms with Gasteiger partial charge in [-0.1, -0.05) is 79.0 Å². The third-order valence-electron chi connectivity index (χ3n) is 4.23. The Labute approximate surface area is 173 Å². The van der Waals surface area contributed by atoms with Crippen molar-refractivity contribution in [3.05, 3.63) is 104 Å². The molecule has 0 unspecified atom stereocenters. The highest BCUT2D eigenvalue weighted by Crippen LogP contribution is 2.45. The predicted molar refractivity (Wildman–Crippen MR) is 117 cm³/mol. The number of ether oxygens (including phenoxy) is 2. The Morgan fingerprint density at radius 2 is 1.45 bits per heavy atom. The van der Waals surface area contributed by atoms with Crippen LogP contribution in [-0.4, -0.2) is 5.97 Å². The van der Waals surface area contributed by atoms with Crippen LogP contribution in [0.15, 0.2) is 113 Å². The number of esters is 1. The highest BCUT2D eigenvalue weighted by atomic mass is 32.2. The molecule has 0 aromatic heterocycles. The maximum Gasteiger partial charge on any atom is 0.335 e. The quantitative estimate of drug-likeness (QED) is 0.202. The van der Waals surface area contributed by atoms with E-state index in [1.54, 1.807) is 0 Å². The van der Waals surface area contributed by atoms with Gasteiger partial charge >= 0.3 is 5.97 Å². The smallest absolute Gasteiger partial charge is 0.335 e. The zero-order valence-corrected chi connectivity index (χ0v) is 16.4. The van der Waals surface area contributed by atoms with Crippen LogP contribution in [-0.2, 0) is 4.79 Å². The number of benzene rings is 4. The third kappa shape index (κ3) is 4.33. The second kappa shape index (κ2) is 8.67. The van der Waals surface area contributed by atoms with Crippen molar-refractivity contribution in [2.45, 2.75) is 9.79 Å². The van der Waals surface area contributed by atoms with E-state index >= 15 is 0 Å². The summed E-state index contributed by atoms with van der Waals surface area (Å²) in [5.74, 6) is 1.44. The summed E-state index contributed by atoms with van der Waals surface area (Å²) in [5, 5.41) is 1.66. The number of carbonyl (C=O) groups is 1. The van der Waals surface area contributed by atoms with Gasteiger partial charge in [-0.2, -0.15) is 0 Å². The summed E-state index contributed by atoms with van der Waals surface area (Å²) in [7, 11) is 0.